The van der Waals surface area contributed by atoms with Gasteiger partial charge >= 0.3 is 5.97 Å². The number of likely N-dealkylation sites (N-methyl/N-ethyl adjacent to an activating group) is 1. The Balaban J connectivity index is 2.52. The average molecular weight is 249 g/mol. The number of nitrogens with one attached hydrogen (secondary N) is 1. The number of ether oxygens (including phenoxy) is 2. The first kappa shape index (κ1) is 13.8. The molecular weight excluding hydrogens is 234 g/mol. The lowest BCUT2D eigenvalue weighted by atomic mass is 10.2. The summed E-state index contributed by atoms with van der Waals surface area (Å²) < 4.78 is 9.76. The van der Waals surface area contributed by atoms with Crippen molar-refractivity contribution in [1.29, 1.82) is 0 Å². The van der Waals surface area contributed by atoms with Crippen LogP contribution in [0.5, 0.6) is 5.75 Å². The standard InChI is InChI=1S/C13H15NO4/c1-14-12(15)9-18-13(16)7-6-10-4-3-5-11(8-10)17-2/h3-8H,9H2,1-2H3,(H,14,15)/b7-6+. The van der Waals surface area contributed by atoms with Crippen LogP contribution in [0, 0.1) is 0 Å². The van der Waals surface area contributed by atoms with Crippen LogP contribution in [0.1, 0.15) is 5.56 Å². The number of methoxy groups -OCH3 is 1. The van der Waals surface area contributed by atoms with E-state index in [0.29, 0.717) is 5.75 Å². The van der Waals surface area contributed by atoms with Gasteiger partial charge in [-0.15, -0.1) is 0 Å². The van der Waals surface area contributed by atoms with Crippen molar-refractivity contribution in [1.82, 2.24) is 5.32 Å². The summed E-state index contributed by atoms with van der Waals surface area (Å²) in [7, 11) is 3.04. The first-order chi connectivity index (χ1) is 8.65. The fraction of sp³-hybridized carbons (Fsp3) is 0.231. The minimum atomic E-state index is -0.568. The Hall–Kier alpha value is -2.30. The van der Waals surface area contributed by atoms with Gasteiger partial charge in [0.15, 0.2) is 6.61 Å². The van der Waals surface area contributed by atoms with E-state index >= 15 is 0 Å². The van der Waals surface area contributed by atoms with Crippen LogP contribution in [0.15, 0.2) is 30.3 Å². The molecule has 0 spiro atoms. The van der Waals surface area contributed by atoms with Gasteiger partial charge in [-0.1, -0.05) is 12.1 Å². The van der Waals surface area contributed by atoms with Gasteiger partial charge < -0.3 is 14.8 Å². The van der Waals surface area contributed by atoms with Crippen LogP contribution in [0.2, 0.25) is 0 Å². The van der Waals surface area contributed by atoms with Crippen LogP contribution >= 0.6 is 0 Å². The number of amides is 1. The lowest BCUT2D eigenvalue weighted by Gasteiger charge is -2.01. The highest BCUT2D eigenvalue weighted by Crippen LogP contribution is 2.13. The van der Waals surface area contributed by atoms with E-state index in [4.69, 9.17) is 9.47 Å². The van der Waals surface area contributed by atoms with Crippen molar-refractivity contribution in [2.24, 2.45) is 0 Å². The number of carbonyl (C=O) groups is 2. The van der Waals surface area contributed by atoms with Crippen molar-refractivity contribution < 1.29 is 19.1 Å². The van der Waals surface area contributed by atoms with Crippen LogP contribution in [-0.2, 0) is 14.3 Å². The summed E-state index contributed by atoms with van der Waals surface area (Å²) in [6.45, 7) is -0.280. The van der Waals surface area contributed by atoms with E-state index in [-0.39, 0.29) is 12.5 Å². The molecule has 1 rings (SSSR count). The number of benzene rings is 1. The minimum Gasteiger partial charge on any atom is -0.497 e. The Bertz CT molecular complexity index is 454. The molecule has 1 N–H and O–H groups in total. The number of hydrogen-bond donors (Lipinski definition) is 1. The molecule has 0 unspecified atom stereocenters. The third-order valence-corrected chi connectivity index (χ3v) is 2.13. The first-order valence-electron chi connectivity index (χ1n) is 5.35. The highest BCUT2D eigenvalue weighted by atomic mass is 16.5. The van der Waals surface area contributed by atoms with Gasteiger partial charge in [0, 0.05) is 13.1 Å². The van der Waals surface area contributed by atoms with Crippen molar-refractivity contribution in [3.63, 3.8) is 0 Å². The van der Waals surface area contributed by atoms with Crippen molar-refractivity contribution >= 4 is 18.0 Å². The molecule has 96 valence electrons. The molecule has 0 aliphatic heterocycles. The summed E-state index contributed by atoms with van der Waals surface area (Å²) in [5.74, 6) is -0.213. The van der Waals surface area contributed by atoms with Crippen LogP contribution in [0.25, 0.3) is 6.08 Å². The van der Waals surface area contributed by atoms with Crippen LogP contribution in [-0.4, -0.2) is 32.6 Å². The quantitative estimate of drug-likeness (QED) is 0.624. The van der Waals surface area contributed by atoms with E-state index in [1.807, 2.05) is 12.1 Å². The SMILES string of the molecule is CNC(=O)COC(=O)/C=C/c1cccc(OC)c1. The summed E-state index contributed by atoms with van der Waals surface area (Å²) in [6.07, 6.45) is 2.85. The lowest BCUT2D eigenvalue weighted by Crippen LogP contribution is -2.24. The molecule has 0 fully saturated rings. The molecule has 5 nitrogen and oxygen atoms in total. The molecule has 1 amide bonds. The minimum absolute atomic E-state index is 0.280. The molecule has 0 aromatic heterocycles. The van der Waals surface area contributed by atoms with Gasteiger partial charge in [-0.25, -0.2) is 4.79 Å². The summed E-state index contributed by atoms with van der Waals surface area (Å²) in [6, 6.07) is 7.23. The fourth-order valence-corrected chi connectivity index (χ4v) is 1.17. The predicted octanol–water partition coefficient (Wildman–Crippen LogP) is 0.998. The van der Waals surface area contributed by atoms with Gasteiger partial charge in [0.1, 0.15) is 5.75 Å². The maximum atomic E-state index is 11.3. The summed E-state index contributed by atoms with van der Waals surface area (Å²) in [5.41, 5.74) is 0.811. The Morgan fingerprint density at radius 1 is 1.39 bits per heavy atom. The van der Waals surface area contributed by atoms with E-state index in [1.165, 1.54) is 13.1 Å². The van der Waals surface area contributed by atoms with E-state index in [9.17, 15) is 9.59 Å². The number of carbonyl (C=O) groups excluding carboxylic acids is 2. The normalized spacial score (nSPS) is 10.1. The maximum Gasteiger partial charge on any atom is 0.331 e. The van der Waals surface area contributed by atoms with E-state index in [1.54, 1.807) is 25.3 Å². The van der Waals surface area contributed by atoms with Crippen molar-refractivity contribution in [3.05, 3.63) is 35.9 Å². The largest absolute Gasteiger partial charge is 0.497 e. The topological polar surface area (TPSA) is 64.6 Å². The van der Waals surface area contributed by atoms with Gasteiger partial charge in [0.2, 0.25) is 0 Å². The zero-order valence-electron chi connectivity index (χ0n) is 10.3. The zero-order valence-corrected chi connectivity index (χ0v) is 10.3. The molecule has 0 bridgehead atoms. The summed E-state index contributed by atoms with van der Waals surface area (Å²) >= 11 is 0. The monoisotopic (exact) mass is 249 g/mol. The molecule has 0 aliphatic carbocycles. The highest BCUT2D eigenvalue weighted by molar-refractivity contribution is 5.89. The summed E-state index contributed by atoms with van der Waals surface area (Å²) in [4.78, 5) is 22.1. The molecule has 1 aromatic carbocycles. The second-order valence-corrected chi connectivity index (χ2v) is 3.39. The number of rotatable bonds is 5. The maximum absolute atomic E-state index is 11.3. The van der Waals surface area contributed by atoms with E-state index in [0.717, 1.165) is 5.56 Å². The zero-order chi connectivity index (χ0) is 13.4. The third kappa shape index (κ3) is 4.69. The van der Waals surface area contributed by atoms with Crippen molar-refractivity contribution in [2.45, 2.75) is 0 Å². The predicted molar refractivity (Wildman–Crippen MR) is 67.1 cm³/mol. The smallest absolute Gasteiger partial charge is 0.331 e. The molecule has 18 heavy (non-hydrogen) atoms. The molecule has 0 atom stereocenters. The van der Waals surface area contributed by atoms with Crippen LogP contribution < -0.4 is 10.1 Å². The Kier molecular flexibility index (Phi) is 5.44. The average Bonchev–Trinajstić information content (AvgIpc) is 2.42. The van der Waals surface area contributed by atoms with E-state index in [2.05, 4.69) is 5.32 Å². The number of hydrogen-bond acceptors (Lipinski definition) is 4. The van der Waals surface area contributed by atoms with Crippen molar-refractivity contribution in [3.8, 4) is 5.75 Å². The molecule has 1 aromatic rings. The second-order valence-electron chi connectivity index (χ2n) is 3.39. The molecule has 0 aliphatic rings. The molecule has 0 saturated heterocycles. The third-order valence-electron chi connectivity index (χ3n) is 2.13. The first-order valence-corrected chi connectivity index (χ1v) is 5.35. The van der Waals surface area contributed by atoms with Gasteiger partial charge in [0.25, 0.3) is 5.91 Å². The van der Waals surface area contributed by atoms with Crippen LogP contribution in [0.3, 0.4) is 0 Å². The molecule has 0 saturated carbocycles. The van der Waals surface area contributed by atoms with E-state index < -0.39 is 5.97 Å². The molecule has 0 heterocycles. The number of esters is 1. The molecular formula is C13H15NO4. The Morgan fingerprint density at radius 3 is 2.83 bits per heavy atom. The van der Waals surface area contributed by atoms with Gasteiger partial charge in [-0.05, 0) is 23.8 Å². The van der Waals surface area contributed by atoms with Gasteiger partial charge in [-0.3, -0.25) is 4.79 Å². The van der Waals surface area contributed by atoms with Gasteiger partial charge in [0.05, 0.1) is 7.11 Å². The van der Waals surface area contributed by atoms with Crippen LogP contribution in [0.4, 0.5) is 0 Å². The van der Waals surface area contributed by atoms with Crippen molar-refractivity contribution in [2.75, 3.05) is 20.8 Å². The Morgan fingerprint density at radius 2 is 2.17 bits per heavy atom. The fourth-order valence-electron chi connectivity index (χ4n) is 1.17. The molecule has 5 heteroatoms. The lowest BCUT2D eigenvalue weighted by molar-refractivity contribution is -0.143. The summed E-state index contributed by atoms with van der Waals surface area (Å²) in [5, 5.41) is 2.35. The van der Waals surface area contributed by atoms with Gasteiger partial charge in [-0.2, -0.15) is 0 Å². The Labute approximate surface area is 105 Å². The molecule has 0 radical (unpaired) electrons. The highest BCUT2D eigenvalue weighted by Gasteiger charge is 2.02. The second kappa shape index (κ2) is 7.11.